The Morgan fingerprint density at radius 3 is 2.35 bits per heavy atom. The van der Waals surface area contributed by atoms with Crippen LogP contribution < -0.4 is 10.3 Å². The predicted molar refractivity (Wildman–Crippen MR) is 86.6 cm³/mol. The fraction of sp³-hybridized carbons (Fsp3) is 0.375. The van der Waals surface area contributed by atoms with Crippen molar-refractivity contribution in [1.82, 2.24) is 9.97 Å². The number of benzene rings is 1. The molecule has 1 aromatic carbocycles. The van der Waals surface area contributed by atoms with Crippen molar-refractivity contribution in [2.24, 2.45) is 0 Å². The number of rotatable bonds is 5. The van der Waals surface area contributed by atoms with Crippen molar-refractivity contribution in [2.45, 2.75) is 50.3 Å². The van der Waals surface area contributed by atoms with Gasteiger partial charge in [0.15, 0.2) is 0 Å². The lowest BCUT2D eigenvalue weighted by Crippen LogP contribution is -2.19. The third kappa shape index (κ3) is 3.98. The van der Waals surface area contributed by atoms with Gasteiger partial charge >= 0.3 is 0 Å². The second-order valence-electron chi connectivity index (χ2n) is 5.55. The van der Waals surface area contributed by atoms with Gasteiger partial charge < -0.3 is 4.74 Å². The molecule has 2 rings (SSSR count). The molecule has 124 valence electrons. The van der Waals surface area contributed by atoms with E-state index in [9.17, 15) is 13.2 Å². The van der Waals surface area contributed by atoms with Crippen LogP contribution in [0.2, 0.25) is 0 Å². The molecule has 0 aliphatic rings. The molecule has 6 nitrogen and oxygen atoms in total. The molecule has 0 amide bonds. The molecular weight excluding hydrogens is 316 g/mol. The lowest BCUT2D eigenvalue weighted by Gasteiger charge is -2.12. The number of nitrogens with zero attached hydrogens (tertiary/aromatic N) is 1. The number of aromatic nitrogens is 2. The Labute approximate surface area is 135 Å². The summed E-state index contributed by atoms with van der Waals surface area (Å²) in [5.41, 5.74) is 1.07. The number of hydrogen-bond acceptors (Lipinski definition) is 5. The van der Waals surface area contributed by atoms with Crippen LogP contribution in [0.5, 0.6) is 5.88 Å². The van der Waals surface area contributed by atoms with Gasteiger partial charge in [0.1, 0.15) is 0 Å². The summed E-state index contributed by atoms with van der Waals surface area (Å²) in [6.45, 7) is 7.36. The summed E-state index contributed by atoms with van der Waals surface area (Å²) in [4.78, 5) is 18.1. The van der Waals surface area contributed by atoms with E-state index in [1.807, 2.05) is 33.8 Å². The summed E-state index contributed by atoms with van der Waals surface area (Å²) in [7, 11) is -3.92. The van der Waals surface area contributed by atoms with E-state index in [4.69, 9.17) is 4.74 Å². The normalized spacial score (nSPS) is 12.9. The molecule has 2 aromatic rings. The Bertz CT molecular complexity index is 852. The number of hydrogen-bond donors (Lipinski definition) is 1. The Balaban J connectivity index is 2.53. The molecule has 0 aliphatic heterocycles. The molecule has 1 aromatic heterocycles. The number of H-pyrrole nitrogens is 1. The quantitative estimate of drug-likeness (QED) is 0.847. The minimum Gasteiger partial charge on any atom is -0.474 e. The van der Waals surface area contributed by atoms with E-state index < -0.39 is 20.6 Å². The monoisotopic (exact) mass is 336 g/mol. The van der Waals surface area contributed by atoms with Crippen LogP contribution in [0.15, 0.2) is 39.1 Å². The predicted octanol–water partition coefficient (Wildman–Crippen LogP) is 2.40. The van der Waals surface area contributed by atoms with E-state index in [1.165, 1.54) is 0 Å². The zero-order valence-electron chi connectivity index (χ0n) is 13.6. The molecule has 0 radical (unpaired) electrons. The highest BCUT2D eigenvalue weighted by Crippen LogP contribution is 2.21. The first-order chi connectivity index (χ1) is 10.7. The standard InChI is InChI=1S/C16H20N2O4S/c1-5-12(4)22-15-9-14(19)17-16(18-15)23(20,21)13-7-10(2)6-11(3)8-13/h6-9,12H,5H2,1-4H3,(H,17,18,19). The fourth-order valence-electron chi connectivity index (χ4n) is 2.09. The largest absolute Gasteiger partial charge is 0.474 e. The van der Waals surface area contributed by atoms with Gasteiger partial charge in [-0.1, -0.05) is 13.0 Å². The Morgan fingerprint density at radius 1 is 1.17 bits per heavy atom. The van der Waals surface area contributed by atoms with Gasteiger partial charge in [-0.05, 0) is 50.5 Å². The van der Waals surface area contributed by atoms with Gasteiger partial charge in [0.25, 0.3) is 5.56 Å². The van der Waals surface area contributed by atoms with Crippen LogP contribution in [0, 0.1) is 13.8 Å². The van der Waals surface area contributed by atoms with Crippen molar-refractivity contribution in [3.8, 4) is 5.88 Å². The SMILES string of the molecule is CCC(C)Oc1cc(=O)[nH]c(S(=O)(=O)c2cc(C)cc(C)c2)n1. The maximum absolute atomic E-state index is 12.7. The summed E-state index contributed by atoms with van der Waals surface area (Å²) in [6, 6.07) is 6.11. The van der Waals surface area contributed by atoms with Gasteiger partial charge in [0.2, 0.25) is 20.9 Å². The summed E-state index contributed by atoms with van der Waals surface area (Å²) in [5, 5.41) is -0.409. The van der Waals surface area contributed by atoms with Crippen LogP contribution in [0.3, 0.4) is 0 Å². The van der Waals surface area contributed by atoms with Gasteiger partial charge in [0, 0.05) is 0 Å². The van der Waals surface area contributed by atoms with E-state index in [0.29, 0.717) is 6.42 Å². The van der Waals surface area contributed by atoms with E-state index >= 15 is 0 Å². The molecule has 1 N–H and O–H groups in total. The molecular formula is C16H20N2O4S. The third-order valence-corrected chi connectivity index (χ3v) is 4.91. The van der Waals surface area contributed by atoms with Crippen molar-refractivity contribution in [1.29, 1.82) is 0 Å². The zero-order valence-corrected chi connectivity index (χ0v) is 14.4. The van der Waals surface area contributed by atoms with Crippen LogP contribution >= 0.6 is 0 Å². The Kier molecular flexibility index (Phi) is 4.89. The number of aromatic amines is 1. The molecule has 1 atom stereocenters. The zero-order chi connectivity index (χ0) is 17.2. The molecule has 1 heterocycles. The second kappa shape index (κ2) is 6.54. The van der Waals surface area contributed by atoms with E-state index in [-0.39, 0.29) is 16.9 Å². The molecule has 7 heteroatoms. The lowest BCUT2D eigenvalue weighted by molar-refractivity contribution is 0.206. The van der Waals surface area contributed by atoms with Gasteiger partial charge in [-0.3, -0.25) is 9.78 Å². The van der Waals surface area contributed by atoms with Crippen LogP contribution in [0.1, 0.15) is 31.4 Å². The summed E-state index contributed by atoms with van der Waals surface area (Å²) in [5.74, 6) is 0.00560. The van der Waals surface area contributed by atoms with Crippen LogP contribution in [-0.2, 0) is 9.84 Å². The number of ether oxygens (including phenoxy) is 1. The van der Waals surface area contributed by atoms with E-state index in [2.05, 4.69) is 9.97 Å². The van der Waals surface area contributed by atoms with Crippen molar-refractivity contribution in [3.63, 3.8) is 0 Å². The van der Waals surface area contributed by atoms with Gasteiger partial charge in [0.05, 0.1) is 17.1 Å². The van der Waals surface area contributed by atoms with Crippen LogP contribution in [0.4, 0.5) is 0 Å². The molecule has 0 fully saturated rings. The third-order valence-electron chi connectivity index (χ3n) is 3.35. The van der Waals surface area contributed by atoms with Crippen molar-refractivity contribution in [2.75, 3.05) is 0 Å². The first-order valence-electron chi connectivity index (χ1n) is 7.33. The summed E-state index contributed by atoms with van der Waals surface area (Å²) >= 11 is 0. The number of aryl methyl sites for hydroxylation is 2. The molecule has 0 aliphatic carbocycles. The molecule has 23 heavy (non-hydrogen) atoms. The molecule has 0 saturated heterocycles. The average molecular weight is 336 g/mol. The smallest absolute Gasteiger partial charge is 0.255 e. The van der Waals surface area contributed by atoms with E-state index in [1.54, 1.807) is 12.1 Å². The molecule has 0 spiro atoms. The van der Waals surface area contributed by atoms with Gasteiger partial charge in [-0.2, -0.15) is 4.98 Å². The average Bonchev–Trinajstić information content (AvgIpc) is 2.45. The van der Waals surface area contributed by atoms with Crippen LogP contribution in [0.25, 0.3) is 0 Å². The first kappa shape index (κ1) is 17.2. The number of nitrogens with one attached hydrogen (secondary N) is 1. The molecule has 0 saturated carbocycles. The molecule has 1 unspecified atom stereocenters. The highest BCUT2D eigenvalue weighted by Gasteiger charge is 2.22. The van der Waals surface area contributed by atoms with E-state index in [0.717, 1.165) is 17.2 Å². The van der Waals surface area contributed by atoms with Gasteiger partial charge in [-0.15, -0.1) is 0 Å². The fourth-order valence-corrected chi connectivity index (χ4v) is 3.44. The summed E-state index contributed by atoms with van der Waals surface area (Å²) in [6.07, 6.45) is 0.550. The lowest BCUT2D eigenvalue weighted by atomic mass is 10.2. The Morgan fingerprint density at radius 2 is 1.78 bits per heavy atom. The maximum Gasteiger partial charge on any atom is 0.255 e. The van der Waals surface area contributed by atoms with Crippen molar-refractivity contribution >= 4 is 9.84 Å². The molecule has 0 bridgehead atoms. The topological polar surface area (TPSA) is 89.1 Å². The summed E-state index contributed by atoms with van der Waals surface area (Å²) < 4.78 is 30.9. The van der Waals surface area contributed by atoms with Gasteiger partial charge in [-0.25, -0.2) is 8.42 Å². The van der Waals surface area contributed by atoms with Crippen molar-refractivity contribution in [3.05, 3.63) is 45.7 Å². The maximum atomic E-state index is 12.7. The van der Waals surface area contributed by atoms with Crippen LogP contribution in [-0.4, -0.2) is 24.5 Å². The first-order valence-corrected chi connectivity index (χ1v) is 8.82. The minimum atomic E-state index is -3.92. The number of sulfone groups is 1. The second-order valence-corrected chi connectivity index (χ2v) is 7.42. The Hall–Kier alpha value is -2.15. The van der Waals surface area contributed by atoms with Crippen molar-refractivity contribution < 1.29 is 13.2 Å². The highest BCUT2D eigenvalue weighted by molar-refractivity contribution is 7.91. The minimum absolute atomic E-state index is 0.00560. The highest BCUT2D eigenvalue weighted by atomic mass is 32.2.